The lowest BCUT2D eigenvalue weighted by Gasteiger charge is -2.10. The Labute approximate surface area is 89.3 Å². The van der Waals surface area contributed by atoms with Crippen molar-refractivity contribution < 1.29 is 14.4 Å². The Morgan fingerprint density at radius 1 is 1.47 bits per heavy atom. The van der Waals surface area contributed by atoms with Crippen molar-refractivity contribution in [2.45, 2.75) is 45.4 Å². The van der Waals surface area contributed by atoms with Gasteiger partial charge in [-0.2, -0.15) is 0 Å². The zero-order chi connectivity index (χ0) is 11.3. The summed E-state index contributed by atoms with van der Waals surface area (Å²) >= 11 is 0. The Hall–Kier alpha value is -1.32. The molecule has 0 aliphatic rings. The second-order valence-electron chi connectivity index (χ2n) is 3.69. The first kappa shape index (κ1) is 11.8. The van der Waals surface area contributed by atoms with Gasteiger partial charge in [0.25, 0.3) is 0 Å². The van der Waals surface area contributed by atoms with Crippen molar-refractivity contribution in [3.05, 3.63) is 17.5 Å². The highest BCUT2D eigenvalue weighted by Gasteiger charge is 2.18. The SMILES string of the molecule is CCCC(CCC)c1cc(C(=O)O)no1. The quantitative estimate of drug-likeness (QED) is 0.785. The first-order valence-corrected chi connectivity index (χ1v) is 5.38. The van der Waals surface area contributed by atoms with Gasteiger partial charge in [0.2, 0.25) is 0 Å². The maximum atomic E-state index is 10.6. The second-order valence-corrected chi connectivity index (χ2v) is 3.69. The van der Waals surface area contributed by atoms with Crippen molar-refractivity contribution in [1.82, 2.24) is 5.16 Å². The van der Waals surface area contributed by atoms with E-state index in [-0.39, 0.29) is 5.69 Å². The van der Waals surface area contributed by atoms with Gasteiger partial charge < -0.3 is 9.63 Å². The zero-order valence-corrected chi connectivity index (χ0v) is 9.19. The molecule has 0 spiro atoms. The van der Waals surface area contributed by atoms with Crippen LogP contribution in [0.3, 0.4) is 0 Å². The molecule has 0 saturated heterocycles. The molecule has 0 amide bonds. The molecule has 0 atom stereocenters. The molecule has 1 heterocycles. The third kappa shape index (κ3) is 3.08. The van der Waals surface area contributed by atoms with Crippen LogP contribution >= 0.6 is 0 Å². The third-order valence-electron chi connectivity index (χ3n) is 2.42. The molecule has 15 heavy (non-hydrogen) atoms. The summed E-state index contributed by atoms with van der Waals surface area (Å²) in [5.74, 6) is -0.0200. The average molecular weight is 211 g/mol. The first-order chi connectivity index (χ1) is 7.19. The van der Waals surface area contributed by atoms with Crippen LogP contribution in [0.25, 0.3) is 0 Å². The summed E-state index contributed by atoms with van der Waals surface area (Å²) in [6, 6.07) is 1.54. The Morgan fingerprint density at radius 3 is 2.47 bits per heavy atom. The van der Waals surface area contributed by atoms with Gasteiger partial charge in [-0.3, -0.25) is 0 Å². The van der Waals surface area contributed by atoms with Crippen LogP contribution < -0.4 is 0 Å². The molecule has 1 N–H and O–H groups in total. The summed E-state index contributed by atoms with van der Waals surface area (Å²) in [5, 5.41) is 12.2. The van der Waals surface area contributed by atoms with Crippen LogP contribution in [-0.4, -0.2) is 16.2 Å². The Bertz CT molecular complexity index is 313. The molecule has 4 heteroatoms. The summed E-state index contributed by atoms with van der Waals surface area (Å²) in [7, 11) is 0. The number of carboxylic acids is 1. The predicted molar refractivity (Wildman–Crippen MR) is 56.0 cm³/mol. The number of nitrogens with zero attached hydrogens (tertiary/aromatic N) is 1. The molecule has 1 aromatic heterocycles. The minimum Gasteiger partial charge on any atom is -0.476 e. The largest absolute Gasteiger partial charge is 0.476 e. The molecule has 0 saturated carbocycles. The molecule has 4 nitrogen and oxygen atoms in total. The van der Waals surface area contributed by atoms with Gasteiger partial charge in [-0.15, -0.1) is 0 Å². The van der Waals surface area contributed by atoms with E-state index in [4.69, 9.17) is 9.63 Å². The Morgan fingerprint density at radius 2 is 2.07 bits per heavy atom. The van der Waals surface area contributed by atoms with E-state index in [0.717, 1.165) is 25.7 Å². The van der Waals surface area contributed by atoms with E-state index in [1.165, 1.54) is 0 Å². The van der Waals surface area contributed by atoms with Crippen LogP contribution in [0.1, 0.15) is 61.7 Å². The van der Waals surface area contributed by atoms with Gasteiger partial charge in [-0.1, -0.05) is 31.8 Å². The highest BCUT2D eigenvalue weighted by Crippen LogP contribution is 2.26. The third-order valence-corrected chi connectivity index (χ3v) is 2.42. The highest BCUT2D eigenvalue weighted by molar-refractivity contribution is 5.85. The molecular formula is C11H17NO3. The summed E-state index contributed by atoms with van der Waals surface area (Å²) in [6.45, 7) is 4.22. The standard InChI is InChI=1S/C11H17NO3/c1-3-5-8(6-4-2)10-7-9(11(13)14)12-15-10/h7-8H,3-6H2,1-2H3,(H,13,14). The molecule has 0 aliphatic heterocycles. The van der Waals surface area contributed by atoms with Crippen molar-refractivity contribution in [1.29, 1.82) is 0 Å². The van der Waals surface area contributed by atoms with E-state index < -0.39 is 5.97 Å². The lowest BCUT2D eigenvalue weighted by Crippen LogP contribution is -1.97. The van der Waals surface area contributed by atoms with Crippen LogP contribution in [0.5, 0.6) is 0 Å². The van der Waals surface area contributed by atoms with Gasteiger partial charge in [0.1, 0.15) is 5.76 Å². The fourth-order valence-corrected chi connectivity index (χ4v) is 1.71. The predicted octanol–water partition coefficient (Wildman–Crippen LogP) is 3.06. The van der Waals surface area contributed by atoms with Crippen molar-refractivity contribution in [2.75, 3.05) is 0 Å². The van der Waals surface area contributed by atoms with E-state index in [1.54, 1.807) is 6.07 Å². The van der Waals surface area contributed by atoms with E-state index >= 15 is 0 Å². The van der Waals surface area contributed by atoms with E-state index in [9.17, 15) is 4.79 Å². The smallest absolute Gasteiger partial charge is 0.358 e. The van der Waals surface area contributed by atoms with Gasteiger partial charge >= 0.3 is 5.97 Å². The number of hydrogen-bond donors (Lipinski definition) is 1. The van der Waals surface area contributed by atoms with Gasteiger partial charge in [0.15, 0.2) is 5.69 Å². The first-order valence-electron chi connectivity index (χ1n) is 5.38. The number of hydrogen-bond acceptors (Lipinski definition) is 3. The Balaban J connectivity index is 2.76. The van der Waals surface area contributed by atoms with E-state index in [2.05, 4.69) is 19.0 Å². The monoisotopic (exact) mass is 211 g/mol. The molecule has 0 radical (unpaired) electrons. The molecule has 0 unspecified atom stereocenters. The number of carboxylic acid groups (broad SMARTS) is 1. The fraction of sp³-hybridized carbons (Fsp3) is 0.636. The number of carbonyl (C=O) groups is 1. The van der Waals surface area contributed by atoms with Gasteiger partial charge in [-0.25, -0.2) is 4.79 Å². The molecule has 0 bridgehead atoms. The highest BCUT2D eigenvalue weighted by atomic mass is 16.5. The van der Waals surface area contributed by atoms with Crippen LogP contribution in [-0.2, 0) is 0 Å². The zero-order valence-electron chi connectivity index (χ0n) is 9.19. The van der Waals surface area contributed by atoms with Gasteiger partial charge in [-0.05, 0) is 12.8 Å². The molecule has 1 rings (SSSR count). The average Bonchev–Trinajstić information content (AvgIpc) is 2.66. The fourth-order valence-electron chi connectivity index (χ4n) is 1.71. The molecule has 0 aromatic carbocycles. The van der Waals surface area contributed by atoms with Crippen molar-refractivity contribution in [2.24, 2.45) is 0 Å². The van der Waals surface area contributed by atoms with Crippen LogP contribution in [0, 0.1) is 0 Å². The maximum absolute atomic E-state index is 10.6. The minimum absolute atomic E-state index is 0.00204. The van der Waals surface area contributed by atoms with Crippen molar-refractivity contribution >= 4 is 5.97 Å². The summed E-state index contributed by atoms with van der Waals surface area (Å²) < 4.78 is 5.06. The lowest BCUT2D eigenvalue weighted by molar-refractivity contribution is 0.0685. The minimum atomic E-state index is -1.03. The lowest BCUT2D eigenvalue weighted by atomic mass is 9.95. The summed E-state index contributed by atoms with van der Waals surface area (Å²) in [5.41, 5.74) is 0.00204. The van der Waals surface area contributed by atoms with Gasteiger partial charge in [0, 0.05) is 12.0 Å². The Kier molecular flexibility index (Phi) is 4.34. The number of aromatic nitrogens is 1. The molecule has 0 aliphatic carbocycles. The van der Waals surface area contributed by atoms with Crippen molar-refractivity contribution in [3.63, 3.8) is 0 Å². The van der Waals surface area contributed by atoms with E-state index in [0.29, 0.717) is 11.7 Å². The number of rotatable bonds is 6. The topological polar surface area (TPSA) is 63.3 Å². The van der Waals surface area contributed by atoms with Crippen molar-refractivity contribution in [3.8, 4) is 0 Å². The summed E-state index contributed by atoms with van der Waals surface area (Å²) in [4.78, 5) is 10.6. The van der Waals surface area contributed by atoms with Crippen LogP contribution in [0.15, 0.2) is 10.6 Å². The maximum Gasteiger partial charge on any atom is 0.358 e. The van der Waals surface area contributed by atoms with Gasteiger partial charge in [0.05, 0.1) is 0 Å². The van der Waals surface area contributed by atoms with Crippen LogP contribution in [0.2, 0.25) is 0 Å². The molecular weight excluding hydrogens is 194 g/mol. The molecule has 1 aromatic rings. The van der Waals surface area contributed by atoms with Crippen LogP contribution in [0.4, 0.5) is 0 Å². The van der Waals surface area contributed by atoms with E-state index in [1.807, 2.05) is 0 Å². The molecule has 0 fully saturated rings. The second kappa shape index (κ2) is 5.53. The normalized spacial score (nSPS) is 10.9. The summed E-state index contributed by atoms with van der Waals surface area (Å²) in [6.07, 6.45) is 4.16. The molecule has 84 valence electrons. The number of aromatic carboxylic acids is 1.